The van der Waals surface area contributed by atoms with Crippen molar-refractivity contribution in [2.45, 2.75) is 55.1 Å². The fraction of sp³-hybridized carbons (Fsp3) is 0.476. The molecular weight excluding hydrogens is 585 g/mol. The molecule has 0 saturated carbocycles. The van der Waals surface area contributed by atoms with Crippen LogP contribution in [0.25, 0.3) is 0 Å². The summed E-state index contributed by atoms with van der Waals surface area (Å²) in [5, 5.41) is 13.3. The molecule has 2 aromatic rings. The Balaban J connectivity index is 1.80. The number of nitrogens with one attached hydrogen (secondary N) is 2. The quantitative estimate of drug-likeness (QED) is 0.207. The molecule has 36 heavy (non-hydrogen) atoms. The van der Waals surface area contributed by atoms with E-state index in [1.165, 1.54) is 19.1 Å². The van der Waals surface area contributed by atoms with Gasteiger partial charge in [0.1, 0.15) is 24.0 Å². The molecule has 2 heterocycles. The van der Waals surface area contributed by atoms with Gasteiger partial charge in [-0.05, 0) is 32.9 Å². The molecule has 1 aliphatic rings. The first-order valence-electron chi connectivity index (χ1n) is 10.8. The molecule has 0 bridgehead atoms. The van der Waals surface area contributed by atoms with Crippen LogP contribution in [0.1, 0.15) is 27.0 Å². The van der Waals surface area contributed by atoms with Crippen molar-refractivity contribution in [3.05, 3.63) is 63.4 Å². The van der Waals surface area contributed by atoms with Crippen LogP contribution >= 0.6 is 35.3 Å². The van der Waals surface area contributed by atoms with Crippen LogP contribution in [-0.2, 0) is 23.4 Å². The number of ether oxygens (including phenoxy) is 2. The molecule has 1 saturated heterocycles. The molecule has 1 aromatic carbocycles. The Morgan fingerprint density at radius 3 is 2.58 bits per heavy atom. The van der Waals surface area contributed by atoms with Crippen LogP contribution in [0, 0.1) is 0 Å². The van der Waals surface area contributed by atoms with Crippen molar-refractivity contribution in [1.82, 2.24) is 14.6 Å². The van der Waals surface area contributed by atoms with E-state index in [0.717, 1.165) is 16.8 Å². The summed E-state index contributed by atoms with van der Waals surface area (Å²) < 4.78 is 34.9. The fourth-order valence-electron chi connectivity index (χ4n) is 3.22. The number of carbonyl (C=O) groups excluding carboxylic acids is 1. The van der Waals surface area contributed by atoms with Crippen molar-refractivity contribution in [2.75, 3.05) is 6.61 Å². The summed E-state index contributed by atoms with van der Waals surface area (Å²) in [6.07, 6.45) is -3.17. The summed E-state index contributed by atoms with van der Waals surface area (Å²) in [5.74, 6) is -0.490. The Hall–Kier alpha value is -1.99. The number of hydrogen-bond donors (Lipinski definition) is 3. The highest BCUT2D eigenvalue weighted by Gasteiger charge is 2.55. The number of benzene rings is 1. The number of rotatable bonds is 10. The zero-order chi connectivity index (χ0) is 26.7. The zero-order valence-electron chi connectivity index (χ0n) is 19.5. The number of aromatic nitrogens is 2. The van der Waals surface area contributed by atoms with Gasteiger partial charge < -0.3 is 19.1 Å². The van der Waals surface area contributed by atoms with Gasteiger partial charge in [0.2, 0.25) is 0 Å². The van der Waals surface area contributed by atoms with E-state index in [4.69, 9.17) is 30.1 Å². The normalized spacial score (nSPS) is 26.4. The standard InChI is InChI=1S/C21H26BrClN3O9P/c1-12(2)33-18(29)13(3)25-36(31,35-14-7-5-4-6-8-14)32-11-15-17(28)21(22,23)19(34-15)26-10-9-16(27)24-20(26)30/h4-10,12-13,15,17,19,28H,11H2,1-3H3,(H,25,31)(H,24,27,30)/t13-,15+,17+,19+,21+,36-/m0/s1. The van der Waals surface area contributed by atoms with E-state index in [0.29, 0.717) is 0 Å². The number of aliphatic hydroxyl groups excluding tert-OH is 1. The lowest BCUT2D eigenvalue weighted by atomic mass is 10.2. The van der Waals surface area contributed by atoms with Crippen molar-refractivity contribution in [3.8, 4) is 5.75 Å². The predicted octanol–water partition coefficient (Wildman–Crippen LogP) is 2.26. The number of carbonyl (C=O) groups is 1. The highest BCUT2D eigenvalue weighted by atomic mass is 79.9. The topological polar surface area (TPSA) is 158 Å². The van der Waals surface area contributed by atoms with E-state index in [1.807, 2.05) is 0 Å². The molecule has 0 radical (unpaired) electrons. The maximum Gasteiger partial charge on any atom is 0.459 e. The van der Waals surface area contributed by atoms with E-state index < -0.39 is 65.9 Å². The van der Waals surface area contributed by atoms with E-state index >= 15 is 0 Å². The molecule has 0 unspecified atom stereocenters. The first-order chi connectivity index (χ1) is 16.8. The first-order valence-corrected chi connectivity index (χ1v) is 13.5. The highest BCUT2D eigenvalue weighted by molar-refractivity contribution is 9.10. The van der Waals surface area contributed by atoms with E-state index in [1.54, 1.807) is 32.0 Å². The summed E-state index contributed by atoms with van der Waals surface area (Å²) in [6.45, 7) is 4.25. The summed E-state index contributed by atoms with van der Waals surface area (Å²) in [7, 11) is -4.24. The molecule has 6 atom stereocenters. The minimum Gasteiger partial charge on any atom is -0.462 e. The minimum absolute atomic E-state index is 0.190. The van der Waals surface area contributed by atoms with Gasteiger partial charge in [0, 0.05) is 12.3 Å². The van der Waals surface area contributed by atoms with Crippen LogP contribution in [-0.4, -0.2) is 55.4 Å². The van der Waals surface area contributed by atoms with Gasteiger partial charge in [0.15, 0.2) is 10.0 Å². The third kappa shape index (κ3) is 6.86. The molecule has 0 spiro atoms. The van der Waals surface area contributed by atoms with E-state index in [2.05, 4.69) is 26.0 Å². The van der Waals surface area contributed by atoms with Crippen LogP contribution in [0.15, 0.2) is 52.2 Å². The SMILES string of the molecule is CC(C)OC(=O)[C@H](C)N[P@](=O)(OC[C@H]1O[C@@H](n2ccc(=O)[nH]c2=O)[C@@](Cl)(Br)[C@@H]1O)Oc1ccccc1. The van der Waals surface area contributed by atoms with Crippen LogP contribution < -0.4 is 20.9 Å². The smallest absolute Gasteiger partial charge is 0.459 e. The zero-order valence-corrected chi connectivity index (χ0v) is 22.7. The number of hydrogen-bond acceptors (Lipinski definition) is 9. The van der Waals surface area contributed by atoms with Crippen molar-refractivity contribution in [2.24, 2.45) is 0 Å². The number of halogens is 2. The molecule has 198 valence electrons. The van der Waals surface area contributed by atoms with Crippen LogP contribution in [0.5, 0.6) is 5.75 Å². The number of aromatic amines is 1. The van der Waals surface area contributed by atoms with Crippen molar-refractivity contribution in [1.29, 1.82) is 0 Å². The predicted molar refractivity (Wildman–Crippen MR) is 133 cm³/mol. The summed E-state index contributed by atoms with van der Waals surface area (Å²) in [5.41, 5.74) is -1.44. The van der Waals surface area contributed by atoms with Gasteiger partial charge >= 0.3 is 19.4 Å². The molecule has 0 aliphatic carbocycles. The molecule has 3 N–H and O–H groups in total. The van der Waals surface area contributed by atoms with Gasteiger partial charge in [-0.3, -0.25) is 23.7 Å². The lowest BCUT2D eigenvalue weighted by Crippen LogP contribution is -2.41. The van der Waals surface area contributed by atoms with Crippen molar-refractivity contribution >= 4 is 41.2 Å². The van der Waals surface area contributed by atoms with Crippen LogP contribution in [0.4, 0.5) is 0 Å². The number of para-hydroxylation sites is 1. The molecule has 12 nitrogen and oxygen atoms in total. The molecule has 1 aromatic heterocycles. The average molecular weight is 611 g/mol. The molecule has 15 heteroatoms. The maximum absolute atomic E-state index is 13.6. The number of aliphatic hydroxyl groups is 1. The Kier molecular flexibility index (Phi) is 9.20. The van der Waals surface area contributed by atoms with Gasteiger partial charge in [0.05, 0.1) is 12.7 Å². The number of alkyl halides is 2. The second kappa shape index (κ2) is 11.6. The Morgan fingerprint density at radius 2 is 1.97 bits per heavy atom. The summed E-state index contributed by atoms with van der Waals surface area (Å²) >= 11 is 9.60. The van der Waals surface area contributed by atoms with Crippen molar-refractivity contribution in [3.63, 3.8) is 0 Å². The van der Waals surface area contributed by atoms with Gasteiger partial charge in [-0.1, -0.05) is 45.7 Å². The molecule has 0 amide bonds. The van der Waals surface area contributed by atoms with Gasteiger partial charge in [-0.15, -0.1) is 0 Å². The number of nitrogens with zero attached hydrogens (tertiary/aromatic N) is 1. The third-order valence-electron chi connectivity index (χ3n) is 4.92. The van der Waals surface area contributed by atoms with Crippen molar-refractivity contribution < 1.29 is 33.0 Å². The molecular formula is C21H26BrClN3O9P. The molecule has 1 aliphatic heterocycles. The number of H-pyrrole nitrogens is 1. The Labute approximate surface area is 219 Å². The average Bonchev–Trinajstić information content (AvgIpc) is 3.01. The van der Waals surface area contributed by atoms with Crippen LogP contribution in [0.2, 0.25) is 0 Å². The summed E-state index contributed by atoms with van der Waals surface area (Å²) in [6, 6.07) is 8.12. The third-order valence-corrected chi connectivity index (χ3v) is 7.83. The maximum atomic E-state index is 13.6. The lowest BCUT2D eigenvalue weighted by Gasteiger charge is -2.25. The van der Waals surface area contributed by atoms with E-state index in [-0.39, 0.29) is 5.75 Å². The number of esters is 1. The lowest BCUT2D eigenvalue weighted by molar-refractivity contribution is -0.149. The minimum atomic E-state index is -4.24. The second-order valence-electron chi connectivity index (χ2n) is 8.20. The summed E-state index contributed by atoms with van der Waals surface area (Å²) in [4.78, 5) is 38.0. The van der Waals surface area contributed by atoms with E-state index in [9.17, 15) is 24.1 Å². The molecule has 1 fully saturated rings. The second-order valence-corrected chi connectivity index (χ2v) is 12.3. The monoisotopic (exact) mass is 609 g/mol. The van der Waals surface area contributed by atoms with Gasteiger partial charge in [-0.2, -0.15) is 5.09 Å². The fourth-order valence-corrected chi connectivity index (χ4v) is 5.65. The highest BCUT2D eigenvalue weighted by Crippen LogP contribution is 2.50. The van der Waals surface area contributed by atoms with Crippen LogP contribution in [0.3, 0.4) is 0 Å². The Bertz CT molecular complexity index is 1220. The first kappa shape index (κ1) is 28.6. The largest absolute Gasteiger partial charge is 0.462 e. The van der Waals surface area contributed by atoms with Gasteiger partial charge in [0.25, 0.3) is 5.56 Å². The Morgan fingerprint density at radius 1 is 1.31 bits per heavy atom. The van der Waals surface area contributed by atoms with Gasteiger partial charge in [-0.25, -0.2) is 9.36 Å². The molecule has 3 rings (SSSR count).